The molecule has 0 aromatic heterocycles. The van der Waals surface area contributed by atoms with Crippen LogP contribution in [0.15, 0.2) is 30.3 Å². The third-order valence-corrected chi connectivity index (χ3v) is 6.57. The molecule has 0 N–H and O–H groups in total. The number of ether oxygens (including phenoxy) is 3. The second-order valence-corrected chi connectivity index (χ2v) is 7.81. The van der Waals surface area contributed by atoms with Gasteiger partial charge in [-0.3, -0.25) is 0 Å². The van der Waals surface area contributed by atoms with Crippen molar-refractivity contribution in [1.29, 1.82) is 0 Å². The quantitative estimate of drug-likeness (QED) is 0.399. The van der Waals surface area contributed by atoms with Gasteiger partial charge < -0.3 is 0 Å². The first kappa shape index (κ1) is 18.0. The summed E-state index contributed by atoms with van der Waals surface area (Å²) >= 11 is 0.365. The zero-order valence-electron chi connectivity index (χ0n) is 13.4. The molecule has 1 aromatic carbocycles. The van der Waals surface area contributed by atoms with E-state index in [0.29, 0.717) is 40.5 Å². The standard InChI is InChI=1S/C17H22O5Se/c1-20-16(18)15(17(19)21-2)8-12-9-22-10-13(12)11-23-14-6-4-3-5-7-14/h3-7,12-13,15H,8-11H2,1-2H3. The molecule has 1 heterocycles. The van der Waals surface area contributed by atoms with E-state index >= 15 is 0 Å². The van der Waals surface area contributed by atoms with Crippen LogP contribution in [0.1, 0.15) is 6.42 Å². The van der Waals surface area contributed by atoms with Crippen LogP contribution in [0.4, 0.5) is 0 Å². The van der Waals surface area contributed by atoms with Crippen LogP contribution in [0, 0.1) is 17.8 Å². The fraction of sp³-hybridized carbons (Fsp3) is 0.529. The summed E-state index contributed by atoms with van der Waals surface area (Å²) in [7, 11) is 2.58. The maximum absolute atomic E-state index is 11.8. The van der Waals surface area contributed by atoms with Crippen molar-refractivity contribution in [3.8, 4) is 0 Å². The van der Waals surface area contributed by atoms with Gasteiger partial charge in [-0.05, 0) is 0 Å². The Hall–Kier alpha value is -1.36. The number of benzene rings is 1. The Kier molecular flexibility index (Phi) is 7.09. The van der Waals surface area contributed by atoms with Gasteiger partial charge in [0.1, 0.15) is 0 Å². The van der Waals surface area contributed by atoms with Crippen molar-refractivity contribution < 1.29 is 23.8 Å². The molecular formula is C17H22O5Se. The van der Waals surface area contributed by atoms with Crippen LogP contribution in [0.25, 0.3) is 0 Å². The second kappa shape index (κ2) is 9.06. The fourth-order valence-electron chi connectivity index (χ4n) is 2.68. The van der Waals surface area contributed by atoms with Gasteiger partial charge in [0.2, 0.25) is 0 Å². The molecule has 5 nitrogen and oxygen atoms in total. The molecule has 1 fully saturated rings. The molecule has 0 saturated carbocycles. The fourth-order valence-corrected chi connectivity index (χ4v) is 5.04. The van der Waals surface area contributed by atoms with Crippen molar-refractivity contribution in [2.24, 2.45) is 17.8 Å². The normalized spacial score (nSPS) is 20.5. The van der Waals surface area contributed by atoms with Crippen LogP contribution in [0.3, 0.4) is 0 Å². The Morgan fingerprint density at radius 2 is 1.74 bits per heavy atom. The van der Waals surface area contributed by atoms with E-state index in [-0.39, 0.29) is 5.92 Å². The van der Waals surface area contributed by atoms with E-state index in [1.54, 1.807) is 0 Å². The molecule has 1 saturated heterocycles. The summed E-state index contributed by atoms with van der Waals surface area (Å²) in [5, 5.41) is 1.04. The first-order valence-corrected chi connectivity index (χ1v) is 9.63. The van der Waals surface area contributed by atoms with E-state index in [4.69, 9.17) is 14.2 Å². The average Bonchev–Trinajstić information content (AvgIpc) is 3.04. The van der Waals surface area contributed by atoms with Gasteiger partial charge in [-0.15, -0.1) is 0 Å². The Morgan fingerprint density at radius 1 is 1.13 bits per heavy atom. The van der Waals surface area contributed by atoms with Gasteiger partial charge in [-0.1, -0.05) is 0 Å². The molecular weight excluding hydrogens is 363 g/mol. The number of carbonyl (C=O) groups excluding carboxylic acids is 2. The third kappa shape index (κ3) is 5.06. The Bertz CT molecular complexity index is 503. The molecule has 0 amide bonds. The van der Waals surface area contributed by atoms with Crippen molar-refractivity contribution in [2.75, 3.05) is 27.4 Å². The molecule has 1 aliphatic rings. The topological polar surface area (TPSA) is 61.8 Å². The number of carbonyl (C=O) groups is 2. The van der Waals surface area contributed by atoms with E-state index in [0.717, 1.165) is 5.32 Å². The summed E-state index contributed by atoms with van der Waals surface area (Å²) in [6.45, 7) is 1.27. The van der Waals surface area contributed by atoms with Crippen LogP contribution in [-0.2, 0) is 23.8 Å². The van der Waals surface area contributed by atoms with Crippen molar-refractivity contribution in [1.82, 2.24) is 0 Å². The van der Waals surface area contributed by atoms with E-state index in [1.165, 1.54) is 18.7 Å². The van der Waals surface area contributed by atoms with Gasteiger partial charge >= 0.3 is 142 Å². The van der Waals surface area contributed by atoms with Crippen LogP contribution in [0.2, 0.25) is 5.32 Å². The van der Waals surface area contributed by atoms with Crippen molar-refractivity contribution in [2.45, 2.75) is 11.7 Å². The molecule has 0 spiro atoms. The molecule has 126 valence electrons. The average molecular weight is 385 g/mol. The molecule has 23 heavy (non-hydrogen) atoms. The summed E-state index contributed by atoms with van der Waals surface area (Å²) in [6.07, 6.45) is 0.425. The van der Waals surface area contributed by atoms with Gasteiger partial charge in [-0.2, -0.15) is 0 Å². The number of hydrogen-bond acceptors (Lipinski definition) is 5. The van der Waals surface area contributed by atoms with Crippen LogP contribution < -0.4 is 4.46 Å². The van der Waals surface area contributed by atoms with E-state index < -0.39 is 17.9 Å². The SMILES string of the molecule is COC(=O)C(CC1COCC1C[Se]c1ccccc1)C(=O)OC. The van der Waals surface area contributed by atoms with Gasteiger partial charge in [-0.25, -0.2) is 0 Å². The monoisotopic (exact) mass is 386 g/mol. The van der Waals surface area contributed by atoms with Crippen molar-refractivity contribution in [3.05, 3.63) is 30.3 Å². The second-order valence-electron chi connectivity index (χ2n) is 5.52. The van der Waals surface area contributed by atoms with Gasteiger partial charge in [0.15, 0.2) is 0 Å². The molecule has 0 radical (unpaired) electrons. The summed E-state index contributed by atoms with van der Waals surface area (Å²) < 4.78 is 16.4. The first-order chi connectivity index (χ1) is 11.2. The molecule has 0 aliphatic carbocycles. The molecule has 2 atom stereocenters. The molecule has 6 heteroatoms. The molecule has 0 bridgehead atoms. The maximum atomic E-state index is 11.8. The molecule has 1 aromatic rings. The predicted octanol–water partition coefficient (Wildman–Crippen LogP) is 1.05. The Labute approximate surface area is 142 Å². The number of methoxy groups -OCH3 is 2. The number of rotatable bonds is 7. The minimum atomic E-state index is -0.858. The first-order valence-electron chi connectivity index (χ1n) is 7.57. The third-order valence-electron chi connectivity index (χ3n) is 4.05. The Morgan fingerprint density at radius 3 is 2.35 bits per heavy atom. The molecule has 1 aliphatic heterocycles. The van der Waals surface area contributed by atoms with Crippen LogP contribution in [0.5, 0.6) is 0 Å². The van der Waals surface area contributed by atoms with Crippen LogP contribution >= 0.6 is 0 Å². The van der Waals surface area contributed by atoms with Crippen LogP contribution in [-0.4, -0.2) is 54.3 Å². The Balaban J connectivity index is 1.94. The van der Waals surface area contributed by atoms with Gasteiger partial charge in [0.05, 0.1) is 0 Å². The van der Waals surface area contributed by atoms with Gasteiger partial charge in [0.25, 0.3) is 0 Å². The van der Waals surface area contributed by atoms with Crippen molar-refractivity contribution >= 4 is 31.4 Å². The minimum absolute atomic E-state index is 0.184. The van der Waals surface area contributed by atoms with E-state index in [2.05, 4.69) is 12.1 Å². The summed E-state index contributed by atoms with van der Waals surface area (Å²) in [4.78, 5) is 23.7. The predicted molar refractivity (Wildman–Crippen MR) is 86.6 cm³/mol. The van der Waals surface area contributed by atoms with E-state index in [1.807, 2.05) is 18.2 Å². The van der Waals surface area contributed by atoms with Crippen molar-refractivity contribution in [3.63, 3.8) is 0 Å². The molecule has 2 rings (SSSR count). The van der Waals surface area contributed by atoms with E-state index in [9.17, 15) is 9.59 Å². The number of esters is 2. The molecule has 2 unspecified atom stereocenters. The summed E-state index contributed by atoms with van der Waals surface area (Å²) in [5.74, 6) is -1.37. The number of hydrogen-bond donors (Lipinski definition) is 0. The van der Waals surface area contributed by atoms with Gasteiger partial charge in [0, 0.05) is 0 Å². The zero-order chi connectivity index (χ0) is 16.7. The summed E-state index contributed by atoms with van der Waals surface area (Å²) in [5.41, 5.74) is 0. The zero-order valence-corrected chi connectivity index (χ0v) is 15.1. The summed E-state index contributed by atoms with van der Waals surface area (Å²) in [6, 6.07) is 10.4.